The van der Waals surface area contributed by atoms with Gasteiger partial charge in [-0.05, 0) is 43.5 Å². The van der Waals surface area contributed by atoms with Crippen molar-refractivity contribution in [3.8, 4) is 0 Å². The number of aryl methyl sites for hydroxylation is 1. The van der Waals surface area contributed by atoms with Crippen LogP contribution in [0.25, 0.3) is 10.2 Å². The largest absolute Gasteiger partial charge is 0.381 e. The Kier molecular flexibility index (Phi) is 4.27. The van der Waals surface area contributed by atoms with Crippen LogP contribution in [0.15, 0.2) is 48.5 Å². The Balaban J connectivity index is 1.66. The van der Waals surface area contributed by atoms with Crippen molar-refractivity contribution < 1.29 is 9.53 Å². The Morgan fingerprint density at radius 2 is 1.92 bits per heavy atom. The predicted octanol–water partition coefficient (Wildman–Crippen LogP) is 4.29. The molecule has 1 N–H and O–H groups in total. The topological polar surface area (TPSA) is 51.2 Å². The molecule has 0 aliphatic carbocycles. The van der Waals surface area contributed by atoms with Crippen LogP contribution >= 0.6 is 11.3 Å². The first-order chi connectivity index (χ1) is 12.2. The molecule has 1 saturated heterocycles. The number of carbonyl (C=O) groups excluding carboxylic acids is 1. The number of thiazole rings is 1. The van der Waals surface area contributed by atoms with E-state index in [1.807, 2.05) is 55.5 Å². The number of hydrogen-bond donors (Lipinski definition) is 1. The van der Waals surface area contributed by atoms with Gasteiger partial charge in [-0.3, -0.25) is 4.79 Å². The van der Waals surface area contributed by atoms with Crippen LogP contribution in [0, 0.1) is 6.92 Å². The van der Waals surface area contributed by atoms with Gasteiger partial charge in [0, 0.05) is 18.9 Å². The Bertz CT molecular complexity index is 898. The summed E-state index contributed by atoms with van der Waals surface area (Å²) in [5.74, 6) is 0.0355. The van der Waals surface area contributed by atoms with Gasteiger partial charge in [0.05, 0.1) is 20.6 Å². The van der Waals surface area contributed by atoms with E-state index in [2.05, 4.69) is 10.3 Å². The number of aromatic nitrogens is 1. The summed E-state index contributed by atoms with van der Waals surface area (Å²) in [6.07, 6.45) is 1.39. The summed E-state index contributed by atoms with van der Waals surface area (Å²) >= 11 is 1.66. The number of nitrogens with one attached hydrogen (secondary N) is 1. The molecule has 1 fully saturated rings. The third kappa shape index (κ3) is 3.05. The van der Waals surface area contributed by atoms with Gasteiger partial charge in [-0.2, -0.15) is 0 Å². The van der Waals surface area contributed by atoms with E-state index < -0.39 is 5.41 Å². The van der Waals surface area contributed by atoms with E-state index in [9.17, 15) is 4.79 Å². The quantitative estimate of drug-likeness (QED) is 0.765. The molecule has 25 heavy (non-hydrogen) atoms. The van der Waals surface area contributed by atoms with Crippen LogP contribution < -0.4 is 5.32 Å². The van der Waals surface area contributed by atoms with Gasteiger partial charge in [0.25, 0.3) is 0 Å². The molecule has 0 spiro atoms. The zero-order chi connectivity index (χ0) is 17.3. The second-order valence-electron chi connectivity index (χ2n) is 6.43. The van der Waals surface area contributed by atoms with Crippen molar-refractivity contribution in [1.29, 1.82) is 0 Å². The van der Waals surface area contributed by atoms with Crippen LogP contribution in [0.2, 0.25) is 0 Å². The second kappa shape index (κ2) is 6.58. The Morgan fingerprint density at radius 3 is 2.68 bits per heavy atom. The maximum atomic E-state index is 13.2. The minimum absolute atomic E-state index is 0.0355. The minimum atomic E-state index is -0.535. The lowest BCUT2D eigenvalue weighted by molar-refractivity contribution is -0.125. The van der Waals surface area contributed by atoms with Gasteiger partial charge in [0.2, 0.25) is 5.91 Å². The highest BCUT2D eigenvalue weighted by Crippen LogP contribution is 2.36. The molecule has 4 nitrogen and oxygen atoms in total. The molecule has 1 aliphatic heterocycles. The summed E-state index contributed by atoms with van der Waals surface area (Å²) in [6, 6.07) is 16.0. The highest BCUT2D eigenvalue weighted by molar-refractivity contribution is 7.18. The van der Waals surface area contributed by atoms with Crippen molar-refractivity contribution in [2.45, 2.75) is 25.2 Å². The fourth-order valence-electron chi connectivity index (χ4n) is 3.50. The van der Waals surface area contributed by atoms with E-state index in [0.29, 0.717) is 26.1 Å². The van der Waals surface area contributed by atoms with Gasteiger partial charge in [-0.25, -0.2) is 4.98 Å². The first-order valence-electron chi connectivity index (χ1n) is 8.49. The van der Waals surface area contributed by atoms with Crippen molar-refractivity contribution in [2.24, 2.45) is 0 Å². The van der Waals surface area contributed by atoms with Gasteiger partial charge in [-0.15, -0.1) is 11.3 Å². The number of anilines is 1. The summed E-state index contributed by atoms with van der Waals surface area (Å²) in [4.78, 5) is 17.8. The van der Waals surface area contributed by atoms with Crippen LogP contribution in [0.3, 0.4) is 0 Å². The van der Waals surface area contributed by atoms with Crippen molar-refractivity contribution in [3.05, 3.63) is 59.1 Å². The van der Waals surface area contributed by atoms with E-state index >= 15 is 0 Å². The van der Waals surface area contributed by atoms with Crippen LogP contribution in [0.5, 0.6) is 0 Å². The molecule has 0 saturated carbocycles. The molecular formula is C20H20N2O2S. The lowest BCUT2D eigenvalue weighted by Gasteiger charge is -2.36. The number of benzene rings is 2. The SMILES string of the molecule is Cc1nc2cc(NC(=O)C3(c4ccccc4)CCOCC3)ccc2s1. The first-order valence-corrected chi connectivity index (χ1v) is 9.31. The highest BCUT2D eigenvalue weighted by Gasteiger charge is 2.41. The molecule has 5 heteroatoms. The maximum Gasteiger partial charge on any atom is 0.235 e. The molecular weight excluding hydrogens is 332 g/mol. The number of ether oxygens (including phenoxy) is 1. The number of carbonyl (C=O) groups is 1. The normalized spacial score (nSPS) is 16.7. The number of rotatable bonds is 3. The second-order valence-corrected chi connectivity index (χ2v) is 7.66. The molecule has 1 amide bonds. The summed E-state index contributed by atoms with van der Waals surface area (Å²) in [5.41, 5.74) is 2.25. The van der Waals surface area contributed by atoms with Gasteiger partial charge >= 0.3 is 0 Å². The maximum absolute atomic E-state index is 13.2. The van der Waals surface area contributed by atoms with E-state index in [4.69, 9.17) is 4.74 Å². The molecule has 1 aromatic heterocycles. The zero-order valence-electron chi connectivity index (χ0n) is 14.1. The van der Waals surface area contributed by atoms with Crippen LogP contribution in [0.1, 0.15) is 23.4 Å². The first kappa shape index (κ1) is 16.2. The molecule has 3 aromatic rings. The molecule has 0 atom stereocenters. The predicted molar refractivity (Wildman–Crippen MR) is 101 cm³/mol. The third-order valence-electron chi connectivity index (χ3n) is 4.86. The molecule has 2 aromatic carbocycles. The number of amides is 1. The van der Waals surface area contributed by atoms with E-state index in [0.717, 1.165) is 26.5 Å². The van der Waals surface area contributed by atoms with Crippen molar-refractivity contribution >= 4 is 33.1 Å². The molecule has 1 aliphatic rings. The number of nitrogens with zero attached hydrogens (tertiary/aromatic N) is 1. The van der Waals surface area contributed by atoms with Crippen LogP contribution in [0.4, 0.5) is 5.69 Å². The summed E-state index contributed by atoms with van der Waals surface area (Å²) in [6.45, 7) is 3.20. The highest BCUT2D eigenvalue weighted by atomic mass is 32.1. The van der Waals surface area contributed by atoms with E-state index in [1.54, 1.807) is 11.3 Å². The fourth-order valence-corrected chi connectivity index (χ4v) is 4.30. The van der Waals surface area contributed by atoms with Gasteiger partial charge in [0.15, 0.2) is 0 Å². The molecule has 2 heterocycles. The fraction of sp³-hybridized carbons (Fsp3) is 0.300. The van der Waals surface area contributed by atoms with E-state index in [-0.39, 0.29) is 5.91 Å². The van der Waals surface area contributed by atoms with Crippen LogP contribution in [-0.2, 0) is 14.9 Å². The van der Waals surface area contributed by atoms with Gasteiger partial charge in [-0.1, -0.05) is 30.3 Å². The molecule has 128 valence electrons. The molecule has 0 bridgehead atoms. The third-order valence-corrected chi connectivity index (χ3v) is 5.81. The van der Waals surface area contributed by atoms with E-state index in [1.165, 1.54) is 0 Å². The summed E-state index contributed by atoms with van der Waals surface area (Å²) in [7, 11) is 0. The summed E-state index contributed by atoms with van der Waals surface area (Å²) in [5, 5.41) is 4.15. The smallest absolute Gasteiger partial charge is 0.235 e. The lowest BCUT2D eigenvalue weighted by Crippen LogP contribution is -2.44. The van der Waals surface area contributed by atoms with Gasteiger partial charge in [0.1, 0.15) is 0 Å². The average Bonchev–Trinajstić information content (AvgIpc) is 3.02. The molecule has 0 radical (unpaired) electrons. The molecule has 0 unspecified atom stereocenters. The number of fused-ring (bicyclic) bond motifs is 1. The Hall–Kier alpha value is -2.24. The number of hydrogen-bond acceptors (Lipinski definition) is 4. The average molecular weight is 352 g/mol. The van der Waals surface area contributed by atoms with Crippen molar-refractivity contribution in [3.63, 3.8) is 0 Å². The zero-order valence-corrected chi connectivity index (χ0v) is 14.9. The standard InChI is InChI=1S/C20H20N2O2S/c1-14-21-17-13-16(7-8-18(17)25-14)22-19(23)20(9-11-24-12-10-20)15-5-3-2-4-6-15/h2-8,13H,9-12H2,1H3,(H,22,23). The lowest BCUT2D eigenvalue weighted by atomic mass is 9.73. The van der Waals surface area contributed by atoms with Gasteiger partial charge < -0.3 is 10.1 Å². The summed E-state index contributed by atoms with van der Waals surface area (Å²) < 4.78 is 6.66. The Labute approximate surface area is 150 Å². The van der Waals surface area contributed by atoms with Crippen LogP contribution in [-0.4, -0.2) is 24.1 Å². The van der Waals surface area contributed by atoms with Crippen molar-refractivity contribution in [1.82, 2.24) is 4.98 Å². The molecule has 4 rings (SSSR count). The monoisotopic (exact) mass is 352 g/mol. The minimum Gasteiger partial charge on any atom is -0.381 e. The van der Waals surface area contributed by atoms with Crippen molar-refractivity contribution in [2.75, 3.05) is 18.5 Å². The Morgan fingerprint density at radius 1 is 1.16 bits per heavy atom.